The molecule has 2 saturated heterocycles. The normalized spacial score (nSPS) is 19.8. The standard InChI is InChI=1S/C25H27ClFN5O2/c26-19-6-5-15(12-20(19)27)23(21-2-1-9-28-21)32-24(33)16-3-4-17-14-29-25(31-22(17)13-16)30-18-7-10-34-11-8-18/h3-6,12-14,18,21,23,28H,1-2,7-11H2,(H,32,33)(H,29,30,31). The number of carbonyl (C=O) groups is 1. The molecule has 3 aromatic rings. The molecular formula is C25H27ClFN5O2. The molecule has 2 aliphatic rings. The predicted octanol–water partition coefficient (Wildman–Crippen LogP) is 4.24. The highest BCUT2D eigenvalue weighted by Gasteiger charge is 2.28. The number of halogens is 2. The Morgan fingerprint density at radius 1 is 1.18 bits per heavy atom. The van der Waals surface area contributed by atoms with Crippen LogP contribution in [0.15, 0.2) is 42.6 Å². The van der Waals surface area contributed by atoms with E-state index in [9.17, 15) is 9.18 Å². The molecule has 0 bridgehead atoms. The maximum Gasteiger partial charge on any atom is 0.251 e. The van der Waals surface area contributed by atoms with Gasteiger partial charge in [-0.2, -0.15) is 0 Å². The quantitative estimate of drug-likeness (QED) is 0.486. The van der Waals surface area contributed by atoms with Crippen LogP contribution in [0.3, 0.4) is 0 Å². The summed E-state index contributed by atoms with van der Waals surface area (Å²) in [6.07, 6.45) is 5.47. The number of rotatable bonds is 6. The van der Waals surface area contributed by atoms with Crippen molar-refractivity contribution in [3.8, 4) is 0 Å². The van der Waals surface area contributed by atoms with Crippen LogP contribution in [0.2, 0.25) is 5.02 Å². The minimum absolute atomic E-state index is 0.0163. The first-order valence-electron chi connectivity index (χ1n) is 11.7. The van der Waals surface area contributed by atoms with Gasteiger partial charge in [0.15, 0.2) is 0 Å². The van der Waals surface area contributed by atoms with Gasteiger partial charge in [0.05, 0.1) is 16.6 Å². The molecule has 3 heterocycles. The van der Waals surface area contributed by atoms with Crippen molar-refractivity contribution in [1.82, 2.24) is 20.6 Å². The lowest BCUT2D eigenvalue weighted by Crippen LogP contribution is -2.41. The number of nitrogens with one attached hydrogen (secondary N) is 3. The molecule has 7 nitrogen and oxygen atoms in total. The molecule has 178 valence electrons. The Kier molecular flexibility index (Phi) is 6.89. The fraction of sp³-hybridized carbons (Fsp3) is 0.400. The Hall–Kier alpha value is -2.81. The fourth-order valence-electron chi connectivity index (χ4n) is 4.60. The van der Waals surface area contributed by atoms with E-state index >= 15 is 0 Å². The van der Waals surface area contributed by atoms with Crippen LogP contribution < -0.4 is 16.0 Å². The lowest BCUT2D eigenvalue weighted by molar-refractivity contribution is 0.0902. The zero-order valence-corrected chi connectivity index (χ0v) is 19.4. The van der Waals surface area contributed by atoms with Gasteiger partial charge in [-0.15, -0.1) is 0 Å². The average Bonchev–Trinajstić information content (AvgIpc) is 3.39. The average molecular weight is 484 g/mol. The third kappa shape index (κ3) is 5.14. The monoisotopic (exact) mass is 483 g/mol. The molecule has 2 aromatic carbocycles. The van der Waals surface area contributed by atoms with Gasteiger partial charge in [-0.25, -0.2) is 14.4 Å². The molecule has 0 saturated carbocycles. The molecule has 34 heavy (non-hydrogen) atoms. The van der Waals surface area contributed by atoms with Crippen LogP contribution in [0.4, 0.5) is 10.3 Å². The molecule has 5 rings (SSSR count). The molecule has 1 amide bonds. The molecule has 2 atom stereocenters. The largest absolute Gasteiger partial charge is 0.381 e. The Labute approximate surface area is 202 Å². The van der Waals surface area contributed by atoms with Crippen LogP contribution in [0.25, 0.3) is 10.9 Å². The van der Waals surface area contributed by atoms with Gasteiger partial charge in [0.25, 0.3) is 5.91 Å². The van der Waals surface area contributed by atoms with E-state index in [-0.39, 0.29) is 29.1 Å². The van der Waals surface area contributed by atoms with Crippen molar-refractivity contribution in [3.63, 3.8) is 0 Å². The summed E-state index contributed by atoms with van der Waals surface area (Å²) < 4.78 is 19.6. The van der Waals surface area contributed by atoms with E-state index in [1.807, 2.05) is 6.07 Å². The first-order valence-corrected chi connectivity index (χ1v) is 12.0. The van der Waals surface area contributed by atoms with Crippen molar-refractivity contribution < 1.29 is 13.9 Å². The number of fused-ring (bicyclic) bond motifs is 1. The molecule has 0 aliphatic carbocycles. The number of anilines is 1. The van der Waals surface area contributed by atoms with Gasteiger partial charge in [-0.1, -0.05) is 23.7 Å². The highest BCUT2D eigenvalue weighted by atomic mass is 35.5. The summed E-state index contributed by atoms with van der Waals surface area (Å²) >= 11 is 5.87. The first-order chi connectivity index (χ1) is 16.6. The lowest BCUT2D eigenvalue weighted by Gasteiger charge is -2.26. The SMILES string of the molecule is O=C(NC(c1ccc(Cl)c(F)c1)C1CCCN1)c1ccc2cnc(NC3CCOCC3)nc2c1. The van der Waals surface area contributed by atoms with E-state index in [1.165, 1.54) is 12.1 Å². The maximum absolute atomic E-state index is 14.2. The molecule has 0 spiro atoms. The minimum atomic E-state index is -0.497. The molecule has 0 radical (unpaired) electrons. The van der Waals surface area contributed by atoms with E-state index in [0.29, 0.717) is 22.6 Å². The van der Waals surface area contributed by atoms with Crippen molar-refractivity contribution in [2.24, 2.45) is 0 Å². The highest BCUT2D eigenvalue weighted by molar-refractivity contribution is 6.30. The Bertz CT molecular complexity index is 1180. The molecular weight excluding hydrogens is 457 g/mol. The molecule has 2 unspecified atom stereocenters. The Morgan fingerprint density at radius 3 is 2.79 bits per heavy atom. The van der Waals surface area contributed by atoms with Crippen LogP contribution in [0, 0.1) is 5.82 Å². The number of nitrogens with zero attached hydrogens (tertiary/aromatic N) is 2. The van der Waals surface area contributed by atoms with Crippen LogP contribution in [-0.4, -0.2) is 47.7 Å². The van der Waals surface area contributed by atoms with Gasteiger partial charge in [-0.3, -0.25) is 4.79 Å². The van der Waals surface area contributed by atoms with Gasteiger partial charge in [0.1, 0.15) is 5.82 Å². The molecule has 2 fully saturated rings. The summed E-state index contributed by atoms with van der Waals surface area (Å²) in [5.74, 6) is -0.196. The summed E-state index contributed by atoms with van der Waals surface area (Å²) in [5, 5.41) is 10.8. The number of amides is 1. The zero-order valence-electron chi connectivity index (χ0n) is 18.7. The fourth-order valence-corrected chi connectivity index (χ4v) is 4.72. The minimum Gasteiger partial charge on any atom is -0.381 e. The molecule has 3 N–H and O–H groups in total. The van der Waals surface area contributed by atoms with E-state index in [2.05, 4.69) is 25.9 Å². The van der Waals surface area contributed by atoms with Crippen LogP contribution in [0.1, 0.15) is 47.6 Å². The van der Waals surface area contributed by atoms with Crippen molar-refractivity contribution in [2.75, 3.05) is 25.1 Å². The summed E-state index contributed by atoms with van der Waals surface area (Å²) in [4.78, 5) is 22.3. The second-order valence-corrected chi connectivity index (χ2v) is 9.23. The van der Waals surface area contributed by atoms with Crippen molar-refractivity contribution >= 4 is 34.4 Å². The maximum atomic E-state index is 14.2. The third-order valence-corrected chi connectivity index (χ3v) is 6.80. The Morgan fingerprint density at radius 2 is 2.03 bits per heavy atom. The van der Waals surface area contributed by atoms with E-state index < -0.39 is 5.82 Å². The number of hydrogen-bond acceptors (Lipinski definition) is 6. The summed E-state index contributed by atoms with van der Waals surface area (Å²) in [6, 6.07) is 9.96. The Balaban J connectivity index is 1.37. The predicted molar refractivity (Wildman–Crippen MR) is 130 cm³/mol. The van der Waals surface area contributed by atoms with Crippen molar-refractivity contribution in [2.45, 2.75) is 43.8 Å². The number of aromatic nitrogens is 2. The second-order valence-electron chi connectivity index (χ2n) is 8.83. The van der Waals surface area contributed by atoms with Gasteiger partial charge < -0.3 is 20.7 Å². The van der Waals surface area contributed by atoms with Crippen molar-refractivity contribution in [1.29, 1.82) is 0 Å². The number of carbonyl (C=O) groups excluding carboxylic acids is 1. The molecule has 2 aliphatic heterocycles. The van der Waals surface area contributed by atoms with E-state index in [4.69, 9.17) is 16.3 Å². The zero-order chi connectivity index (χ0) is 23.5. The summed E-state index contributed by atoms with van der Waals surface area (Å²) in [7, 11) is 0. The highest BCUT2D eigenvalue weighted by Crippen LogP contribution is 2.27. The lowest BCUT2D eigenvalue weighted by atomic mass is 9.97. The van der Waals surface area contributed by atoms with Gasteiger partial charge >= 0.3 is 0 Å². The topological polar surface area (TPSA) is 88.2 Å². The second kappa shape index (κ2) is 10.2. The summed E-state index contributed by atoms with van der Waals surface area (Å²) in [6.45, 7) is 2.32. The molecule has 1 aromatic heterocycles. The van der Waals surface area contributed by atoms with Gasteiger partial charge in [0, 0.05) is 42.4 Å². The van der Waals surface area contributed by atoms with Gasteiger partial charge in [-0.05, 0) is 62.1 Å². The molecule has 9 heteroatoms. The van der Waals surface area contributed by atoms with E-state index in [0.717, 1.165) is 50.8 Å². The van der Waals surface area contributed by atoms with Crippen LogP contribution in [0.5, 0.6) is 0 Å². The third-order valence-electron chi connectivity index (χ3n) is 6.49. The van der Waals surface area contributed by atoms with Crippen LogP contribution >= 0.6 is 11.6 Å². The first kappa shape index (κ1) is 23.0. The smallest absolute Gasteiger partial charge is 0.251 e. The number of ether oxygens (including phenoxy) is 1. The number of benzene rings is 2. The van der Waals surface area contributed by atoms with Gasteiger partial charge in [0.2, 0.25) is 5.95 Å². The summed E-state index contributed by atoms with van der Waals surface area (Å²) in [5.41, 5.74) is 1.85. The van der Waals surface area contributed by atoms with Crippen LogP contribution in [-0.2, 0) is 4.74 Å². The van der Waals surface area contributed by atoms with Crippen molar-refractivity contribution in [3.05, 3.63) is 64.6 Å². The number of hydrogen-bond donors (Lipinski definition) is 3. The van der Waals surface area contributed by atoms with E-state index in [1.54, 1.807) is 24.4 Å².